The fraction of sp³-hybridized carbons (Fsp3) is 0.576. The largest absolute Gasteiger partial charge is 0.463 e. The maximum atomic E-state index is 13.1. The molecular formula is C33H40O17. The van der Waals surface area contributed by atoms with Crippen molar-refractivity contribution in [1.29, 1.82) is 0 Å². The van der Waals surface area contributed by atoms with Crippen LogP contribution in [0, 0.1) is 11.8 Å². The molecule has 2 aliphatic carbocycles. The predicted molar refractivity (Wildman–Crippen MR) is 163 cm³/mol. The number of rotatable bonds is 13. The highest BCUT2D eigenvalue weighted by molar-refractivity contribution is 5.79. The molecule has 17 heteroatoms. The maximum absolute atomic E-state index is 13.1. The van der Waals surface area contributed by atoms with Crippen LogP contribution in [0.3, 0.4) is 0 Å². The first kappa shape index (κ1) is 38.4. The van der Waals surface area contributed by atoms with Crippen molar-refractivity contribution in [2.75, 3.05) is 20.3 Å². The minimum Gasteiger partial charge on any atom is -0.463 e. The molecule has 4 rings (SSSR count). The van der Waals surface area contributed by atoms with Gasteiger partial charge < -0.3 is 52.5 Å². The van der Waals surface area contributed by atoms with Crippen molar-refractivity contribution in [3.05, 3.63) is 48.6 Å². The Balaban J connectivity index is 1.60. The Morgan fingerprint density at radius 3 is 1.52 bits per heavy atom. The Hall–Kier alpha value is -4.42. The fourth-order valence-corrected chi connectivity index (χ4v) is 5.59. The van der Waals surface area contributed by atoms with Gasteiger partial charge in [-0.25, -0.2) is 0 Å². The first-order valence-corrected chi connectivity index (χ1v) is 15.7. The zero-order valence-corrected chi connectivity index (χ0v) is 27.9. The van der Waals surface area contributed by atoms with E-state index in [0.717, 1.165) is 27.7 Å². The maximum Gasteiger partial charge on any atom is 0.317 e. The third-order valence-corrected chi connectivity index (χ3v) is 7.77. The van der Waals surface area contributed by atoms with Gasteiger partial charge in [-0.15, -0.1) is 0 Å². The number of esters is 6. The predicted octanol–water partition coefficient (Wildman–Crippen LogP) is 0.126. The van der Waals surface area contributed by atoms with Crippen LogP contribution in [0.2, 0.25) is 0 Å². The fourth-order valence-electron chi connectivity index (χ4n) is 5.59. The highest BCUT2D eigenvalue weighted by Gasteiger charge is 2.55. The van der Waals surface area contributed by atoms with E-state index < -0.39 is 122 Å². The molecule has 17 nitrogen and oxygen atoms in total. The second-order valence-electron chi connectivity index (χ2n) is 11.6. The summed E-state index contributed by atoms with van der Waals surface area (Å²) in [6.45, 7) is 3.29. The average Bonchev–Trinajstić information content (AvgIpc) is 3.79. The van der Waals surface area contributed by atoms with E-state index in [9.17, 15) is 33.9 Å². The zero-order chi connectivity index (χ0) is 36.5. The molecule has 0 saturated carbocycles. The van der Waals surface area contributed by atoms with E-state index in [1.165, 1.54) is 7.11 Å². The Labute approximate surface area is 287 Å². The zero-order valence-electron chi connectivity index (χ0n) is 27.9. The van der Waals surface area contributed by atoms with E-state index in [0.29, 0.717) is 0 Å². The number of aliphatic hydroxyl groups excluding tert-OH is 1. The van der Waals surface area contributed by atoms with Gasteiger partial charge in [0.05, 0.1) is 18.4 Å². The molecule has 2 saturated heterocycles. The highest BCUT2D eigenvalue weighted by Crippen LogP contribution is 2.33. The van der Waals surface area contributed by atoms with Crippen molar-refractivity contribution in [2.24, 2.45) is 11.8 Å². The number of ether oxygens (including phenoxy) is 10. The third kappa shape index (κ3) is 9.85. The summed E-state index contributed by atoms with van der Waals surface area (Å²) in [5.74, 6) is -6.18. The van der Waals surface area contributed by atoms with Gasteiger partial charge in [0.2, 0.25) is 0 Å². The average molecular weight is 709 g/mol. The standard InChI is InChI=1S/C33H40O17/c1-16(34)42-15-23-25(44-17(2)35)27(45-18(3)36)29(46-19(4)37)33(48-23)43-14-22-24(38)26(49-30(39)20-10-6-7-11-20)28(32(41-5)47-22)50-31(40)21-12-8-9-13-21/h6-13,20-29,32-33,38H,14-15H2,1-5H3/t22-,23-,24-,25-,26+,27+,28-,29-,32+,33-/m1/s1. The Morgan fingerprint density at radius 1 is 0.560 bits per heavy atom. The molecule has 2 heterocycles. The third-order valence-electron chi connectivity index (χ3n) is 7.77. The number of hydrogen-bond acceptors (Lipinski definition) is 17. The van der Waals surface area contributed by atoms with E-state index >= 15 is 0 Å². The lowest BCUT2D eigenvalue weighted by molar-refractivity contribution is -0.332. The van der Waals surface area contributed by atoms with Gasteiger partial charge >= 0.3 is 35.8 Å². The second kappa shape index (κ2) is 17.5. The van der Waals surface area contributed by atoms with Crippen LogP contribution < -0.4 is 0 Å². The topological polar surface area (TPSA) is 215 Å². The van der Waals surface area contributed by atoms with Crippen LogP contribution in [0.4, 0.5) is 0 Å². The molecule has 0 unspecified atom stereocenters. The van der Waals surface area contributed by atoms with Crippen LogP contribution >= 0.6 is 0 Å². The van der Waals surface area contributed by atoms with Crippen LogP contribution in [0.1, 0.15) is 27.7 Å². The number of carbonyl (C=O) groups is 6. The molecule has 2 fully saturated rings. The lowest BCUT2D eigenvalue weighted by Crippen LogP contribution is -2.64. The molecule has 10 atom stereocenters. The van der Waals surface area contributed by atoms with Gasteiger partial charge in [0.25, 0.3) is 0 Å². The van der Waals surface area contributed by atoms with Gasteiger partial charge in [0.1, 0.15) is 24.9 Å². The molecule has 1 N–H and O–H groups in total. The van der Waals surface area contributed by atoms with Crippen LogP contribution in [0.25, 0.3) is 0 Å². The lowest BCUT2D eigenvalue weighted by Gasteiger charge is -2.45. The Bertz CT molecular complexity index is 1380. The van der Waals surface area contributed by atoms with Crippen molar-refractivity contribution in [3.63, 3.8) is 0 Å². The Morgan fingerprint density at radius 2 is 1.02 bits per heavy atom. The summed E-state index contributed by atoms with van der Waals surface area (Å²) in [6.07, 6.45) is -1.84. The second-order valence-corrected chi connectivity index (χ2v) is 11.6. The first-order valence-electron chi connectivity index (χ1n) is 15.7. The molecule has 0 aromatic rings. The van der Waals surface area contributed by atoms with E-state index in [1.54, 1.807) is 48.6 Å². The van der Waals surface area contributed by atoms with Crippen LogP contribution in [-0.4, -0.2) is 123 Å². The molecule has 0 spiro atoms. The molecule has 0 amide bonds. The van der Waals surface area contributed by atoms with Crippen molar-refractivity contribution in [1.82, 2.24) is 0 Å². The van der Waals surface area contributed by atoms with Crippen LogP contribution in [0.5, 0.6) is 0 Å². The number of allylic oxidation sites excluding steroid dienone is 4. The van der Waals surface area contributed by atoms with Gasteiger partial charge in [0.15, 0.2) is 43.1 Å². The first-order chi connectivity index (χ1) is 23.8. The van der Waals surface area contributed by atoms with Gasteiger partial charge in [-0.3, -0.25) is 28.8 Å². The summed E-state index contributed by atoms with van der Waals surface area (Å²) in [5, 5.41) is 11.5. The van der Waals surface area contributed by atoms with E-state index in [1.807, 2.05) is 0 Å². The SMILES string of the molecule is CO[C@H]1O[C@H](CO[C@@H]2O[C@H](COC(C)=O)[C@@H](OC(C)=O)[C@H](OC(C)=O)[C@H]2OC(C)=O)[C@@H](O)[C@H](OC(=O)C2C=CC=C2)[C@H]1OC(=O)C1C=CC=C1. The summed E-state index contributed by atoms with van der Waals surface area (Å²) >= 11 is 0. The minimum atomic E-state index is -1.70. The van der Waals surface area contributed by atoms with Crippen LogP contribution in [-0.2, 0) is 76.1 Å². The number of carbonyl (C=O) groups excluding carboxylic acids is 6. The quantitative estimate of drug-likeness (QED) is 0.199. The Kier molecular flexibility index (Phi) is 13.4. The van der Waals surface area contributed by atoms with Gasteiger partial charge in [-0.1, -0.05) is 48.6 Å². The molecule has 274 valence electrons. The molecule has 0 bridgehead atoms. The highest BCUT2D eigenvalue weighted by atomic mass is 16.8. The van der Waals surface area contributed by atoms with Crippen LogP contribution in [0.15, 0.2) is 48.6 Å². The molecule has 50 heavy (non-hydrogen) atoms. The summed E-state index contributed by atoms with van der Waals surface area (Å²) in [4.78, 5) is 74.1. The van der Waals surface area contributed by atoms with E-state index in [2.05, 4.69) is 0 Å². The smallest absolute Gasteiger partial charge is 0.317 e. The lowest BCUT2D eigenvalue weighted by atomic mass is 9.97. The molecule has 2 aliphatic heterocycles. The summed E-state index contributed by atoms with van der Waals surface area (Å²) in [5.41, 5.74) is 0. The normalized spacial score (nSPS) is 32.0. The summed E-state index contributed by atoms with van der Waals surface area (Å²) in [6, 6.07) is 0. The molecule has 0 aromatic carbocycles. The molecule has 0 aromatic heterocycles. The number of aliphatic hydroxyl groups is 1. The minimum absolute atomic E-state index is 0.494. The van der Waals surface area contributed by atoms with Gasteiger partial charge in [0, 0.05) is 34.8 Å². The monoisotopic (exact) mass is 708 g/mol. The van der Waals surface area contributed by atoms with Crippen molar-refractivity contribution >= 4 is 35.8 Å². The van der Waals surface area contributed by atoms with E-state index in [-0.39, 0.29) is 0 Å². The number of hydrogen-bond donors (Lipinski definition) is 1. The van der Waals surface area contributed by atoms with E-state index in [4.69, 9.17) is 47.4 Å². The van der Waals surface area contributed by atoms with Crippen molar-refractivity contribution < 1.29 is 81.2 Å². The van der Waals surface area contributed by atoms with Crippen molar-refractivity contribution in [2.45, 2.75) is 89.1 Å². The molecule has 0 radical (unpaired) electrons. The summed E-state index contributed by atoms with van der Waals surface area (Å²) < 4.78 is 55.9. The summed E-state index contributed by atoms with van der Waals surface area (Å²) in [7, 11) is 1.25. The molecular weight excluding hydrogens is 668 g/mol. The van der Waals surface area contributed by atoms with Gasteiger partial charge in [-0.05, 0) is 0 Å². The molecule has 4 aliphatic rings. The van der Waals surface area contributed by atoms with Gasteiger partial charge in [-0.2, -0.15) is 0 Å². The van der Waals surface area contributed by atoms with Crippen molar-refractivity contribution in [3.8, 4) is 0 Å². The number of methoxy groups -OCH3 is 1.